The summed E-state index contributed by atoms with van der Waals surface area (Å²) in [6, 6.07) is 10.3. The van der Waals surface area contributed by atoms with Gasteiger partial charge in [0.15, 0.2) is 14.2 Å². The fourth-order valence-corrected chi connectivity index (χ4v) is 4.91. The molecule has 0 unspecified atom stereocenters. The molecule has 0 saturated heterocycles. The number of amides is 1. The number of sulfone groups is 1. The van der Waals surface area contributed by atoms with Gasteiger partial charge in [-0.3, -0.25) is 4.79 Å². The number of halogens is 1. The number of aryl methyl sites for hydroxylation is 2. The molecule has 1 amide bonds. The molecule has 0 atom stereocenters. The van der Waals surface area contributed by atoms with E-state index in [2.05, 4.69) is 26.9 Å². The number of hydrogen-bond donors (Lipinski definition) is 2. The molecule has 0 aliphatic heterocycles. The third-order valence-corrected chi connectivity index (χ3v) is 7.41. The maximum absolute atomic E-state index is 12.3. The van der Waals surface area contributed by atoms with E-state index in [1.54, 1.807) is 0 Å². The van der Waals surface area contributed by atoms with Gasteiger partial charge in [0, 0.05) is 11.9 Å². The smallest absolute Gasteiger partial charge is 0.234 e. The predicted octanol–water partition coefficient (Wildman–Crippen LogP) is 4.69. The maximum Gasteiger partial charge on any atom is 0.234 e. The Balaban J connectivity index is 1.59. The van der Waals surface area contributed by atoms with E-state index in [4.69, 9.17) is 11.6 Å². The summed E-state index contributed by atoms with van der Waals surface area (Å²) in [5.41, 5.74) is 3.48. The Morgan fingerprint density at radius 2 is 1.90 bits per heavy atom. The highest BCUT2D eigenvalue weighted by molar-refractivity contribution is 8.01. The van der Waals surface area contributed by atoms with E-state index in [-0.39, 0.29) is 27.3 Å². The number of nitrogens with one attached hydrogen (secondary N) is 2. The fourth-order valence-electron chi connectivity index (χ4n) is 2.53. The number of hydrogen-bond acceptors (Lipinski definition) is 8. The summed E-state index contributed by atoms with van der Waals surface area (Å²) in [7, 11) is -3.40. The van der Waals surface area contributed by atoms with Crippen molar-refractivity contribution in [3.8, 4) is 0 Å². The van der Waals surface area contributed by atoms with Crippen LogP contribution in [0, 0.1) is 13.8 Å². The molecule has 0 aliphatic carbocycles. The van der Waals surface area contributed by atoms with Gasteiger partial charge in [0.2, 0.25) is 11.0 Å². The van der Waals surface area contributed by atoms with Crippen LogP contribution in [0.4, 0.5) is 16.5 Å². The summed E-state index contributed by atoms with van der Waals surface area (Å²) < 4.78 is 24.0. The van der Waals surface area contributed by atoms with Crippen LogP contribution in [0.15, 0.2) is 45.6 Å². The van der Waals surface area contributed by atoms with E-state index >= 15 is 0 Å². The Bertz CT molecular complexity index is 1200. The lowest BCUT2D eigenvalue weighted by Gasteiger charge is -2.08. The predicted molar refractivity (Wildman–Crippen MR) is 123 cm³/mol. The second kappa shape index (κ2) is 9.34. The Morgan fingerprint density at radius 1 is 1.13 bits per heavy atom. The average Bonchev–Trinajstić information content (AvgIpc) is 3.11. The van der Waals surface area contributed by atoms with Gasteiger partial charge >= 0.3 is 0 Å². The van der Waals surface area contributed by atoms with Crippen molar-refractivity contribution in [3.63, 3.8) is 0 Å². The van der Waals surface area contributed by atoms with Crippen molar-refractivity contribution < 1.29 is 13.2 Å². The molecule has 1 aromatic heterocycles. The van der Waals surface area contributed by atoms with E-state index in [9.17, 15) is 13.2 Å². The van der Waals surface area contributed by atoms with Crippen LogP contribution in [-0.2, 0) is 14.6 Å². The standard InChI is InChI=1S/C19H19ClN4O3S3/c1-11-4-7-15(12(2)8-11)22-18-23-24-19(29-18)28-10-17(25)21-16-9-13(30(3,26)27)5-6-14(16)20/h4-9H,10H2,1-3H3,(H,21,25)(H,22,23). The summed E-state index contributed by atoms with van der Waals surface area (Å²) in [6.45, 7) is 4.05. The lowest BCUT2D eigenvalue weighted by molar-refractivity contribution is -0.113. The molecule has 3 aromatic rings. The first-order chi connectivity index (χ1) is 14.1. The Morgan fingerprint density at radius 3 is 2.60 bits per heavy atom. The van der Waals surface area contributed by atoms with Crippen LogP contribution < -0.4 is 10.6 Å². The van der Waals surface area contributed by atoms with Crippen molar-refractivity contribution in [2.45, 2.75) is 23.1 Å². The van der Waals surface area contributed by atoms with Crippen molar-refractivity contribution in [1.29, 1.82) is 0 Å². The zero-order valence-electron chi connectivity index (χ0n) is 16.4. The van der Waals surface area contributed by atoms with Gasteiger partial charge in [-0.25, -0.2) is 8.42 Å². The van der Waals surface area contributed by atoms with Crippen molar-refractivity contribution in [3.05, 3.63) is 52.5 Å². The molecule has 3 rings (SSSR count). The van der Waals surface area contributed by atoms with Gasteiger partial charge in [-0.05, 0) is 43.7 Å². The number of benzene rings is 2. The minimum Gasteiger partial charge on any atom is -0.330 e. The number of aromatic nitrogens is 2. The second-order valence-corrected chi connectivity index (χ2v) is 11.2. The van der Waals surface area contributed by atoms with Crippen LogP contribution in [0.1, 0.15) is 11.1 Å². The third-order valence-electron chi connectivity index (χ3n) is 4.00. The zero-order valence-corrected chi connectivity index (χ0v) is 19.6. The summed E-state index contributed by atoms with van der Waals surface area (Å²) >= 11 is 8.64. The SMILES string of the molecule is Cc1ccc(Nc2nnc(SCC(=O)Nc3cc(S(C)(=O)=O)ccc3Cl)s2)c(C)c1. The van der Waals surface area contributed by atoms with Crippen LogP contribution in [0.3, 0.4) is 0 Å². The molecule has 2 N–H and O–H groups in total. The molecule has 158 valence electrons. The molecule has 11 heteroatoms. The molecule has 0 fully saturated rings. The average molecular weight is 483 g/mol. The fraction of sp³-hybridized carbons (Fsp3) is 0.211. The molecule has 1 heterocycles. The van der Waals surface area contributed by atoms with Crippen LogP contribution in [0.25, 0.3) is 0 Å². The number of nitrogens with zero attached hydrogens (tertiary/aromatic N) is 2. The third kappa shape index (κ3) is 5.94. The van der Waals surface area contributed by atoms with Crippen LogP contribution in [0.2, 0.25) is 5.02 Å². The Labute approximate surface area is 188 Å². The molecule has 0 spiro atoms. The summed E-state index contributed by atoms with van der Waals surface area (Å²) in [6.07, 6.45) is 1.09. The van der Waals surface area contributed by atoms with Gasteiger partial charge in [0.1, 0.15) is 0 Å². The lowest BCUT2D eigenvalue weighted by Crippen LogP contribution is -2.14. The number of carbonyl (C=O) groups excluding carboxylic acids is 1. The monoisotopic (exact) mass is 482 g/mol. The number of carbonyl (C=O) groups is 1. The molecule has 2 aromatic carbocycles. The minimum atomic E-state index is -3.40. The topological polar surface area (TPSA) is 101 Å². The Hall–Kier alpha value is -2.14. The molecular formula is C19H19ClN4O3S3. The molecule has 7 nitrogen and oxygen atoms in total. The highest BCUT2D eigenvalue weighted by Crippen LogP contribution is 2.30. The van der Waals surface area contributed by atoms with Crippen LogP contribution in [0.5, 0.6) is 0 Å². The zero-order chi connectivity index (χ0) is 21.9. The molecule has 0 bridgehead atoms. The molecule has 30 heavy (non-hydrogen) atoms. The minimum absolute atomic E-state index is 0.0810. The van der Waals surface area contributed by atoms with Gasteiger partial charge in [-0.2, -0.15) is 0 Å². The first-order valence-corrected chi connectivity index (χ1v) is 12.8. The number of rotatable bonds is 7. The summed E-state index contributed by atoms with van der Waals surface area (Å²) in [5.74, 6) is -0.246. The van der Waals surface area contributed by atoms with Crippen molar-refractivity contribution in [1.82, 2.24) is 10.2 Å². The van der Waals surface area contributed by atoms with E-state index in [0.29, 0.717) is 9.47 Å². The Kier molecular flexibility index (Phi) is 7.02. The van der Waals surface area contributed by atoms with Gasteiger partial charge < -0.3 is 10.6 Å². The van der Waals surface area contributed by atoms with Gasteiger partial charge in [0.05, 0.1) is 21.4 Å². The van der Waals surface area contributed by atoms with Crippen molar-refractivity contribution >= 4 is 67.0 Å². The largest absolute Gasteiger partial charge is 0.330 e. The quantitative estimate of drug-likeness (QED) is 0.471. The molecule has 0 aliphatic rings. The lowest BCUT2D eigenvalue weighted by atomic mass is 10.1. The van der Waals surface area contributed by atoms with Crippen molar-refractivity contribution in [2.75, 3.05) is 22.6 Å². The first-order valence-electron chi connectivity index (χ1n) is 8.72. The number of anilines is 3. The number of thioether (sulfide) groups is 1. The van der Waals surface area contributed by atoms with E-state index in [1.807, 2.05) is 26.0 Å². The normalized spacial score (nSPS) is 11.3. The summed E-state index contributed by atoms with van der Waals surface area (Å²) in [4.78, 5) is 12.4. The maximum atomic E-state index is 12.3. The van der Waals surface area contributed by atoms with Crippen molar-refractivity contribution in [2.24, 2.45) is 0 Å². The molecule has 0 saturated carbocycles. The second-order valence-electron chi connectivity index (χ2n) is 6.57. The first kappa shape index (κ1) is 22.5. The molecule has 0 radical (unpaired) electrons. The highest BCUT2D eigenvalue weighted by Gasteiger charge is 2.14. The highest BCUT2D eigenvalue weighted by atomic mass is 35.5. The van der Waals surface area contributed by atoms with Gasteiger partial charge in [0.25, 0.3) is 0 Å². The van der Waals surface area contributed by atoms with E-state index in [1.165, 1.54) is 46.9 Å². The van der Waals surface area contributed by atoms with Gasteiger partial charge in [-0.15, -0.1) is 10.2 Å². The molecular weight excluding hydrogens is 464 g/mol. The van der Waals surface area contributed by atoms with Crippen LogP contribution in [-0.4, -0.2) is 36.5 Å². The van der Waals surface area contributed by atoms with Gasteiger partial charge in [-0.1, -0.05) is 52.4 Å². The van der Waals surface area contributed by atoms with E-state index in [0.717, 1.165) is 17.5 Å². The summed E-state index contributed by atoms with van der Waals surface area (Å²) in [5, 5.41) is 15.0. The van der Waals surface area contributed by atoms with Crippen LogP contribution >= 0.6 is 34.7 Å². The van der Waals surface area contributed by atoms with E-state index < -0.39 is 9.84 Å².